The molecule has 0 aromatic heterocycles. The molecule has 0 bridgehead atoms. The Labute approximate surface area is 129 Å². The third kappa shape index (κ3) is 3.84. The molecule has 1 aliphatic heterocycles. The van der Waals surface area contributed by atoms with E-state index in [-0.39, 0.29) is 34.9 Å². The van der Waals surface area contributed by atoms with E-state index in [0.717, 1.165) is 12.8 Å². The van der Waals surface area contributed by atoms with Crippen molar-refractivity contribution in [2.75, 3.05) is 13.1 Å². The zero-order valence-corrected chi connectivity index (χ0v) is 12.9. The summed E-state index contributed by atoms with van der Waals surface area (Å²) in [4.78, 5) is 14.2. The van der Waals surface area contributed by atoms with Gasteiger partial charge in [-0.05, 0) is 37.0 Å². The van der Waals surface area contributed by atoms with E-state index in [1.807, 2.05) is 0 Å². The number of hydrogen-bond donors (Lipinski definition) is 1. The van der Waals surface area contributed by atoms with Crippen LogP contribution in [0.4, 0.5) is 4.39 Å². The molecule has 0 spiro atoms. The number of nitrogens with two attached hydrogens (primary N) is 1. The Kier molecular flexibility index (Phi) is 6.24. The van der Waals surface area contributed by atoms with Crippen LogP contribution in [0, 0.1) is 11.7 Å². The lowest BCUT2D eigenvalue weighted by atomic mass is 9.92. The highest BCUT2D eigenvalue weighted by Gasteiger charge is 2.29. The minimum atomic E-state index is -0.495. The van der Waals surface area contributed by atoms with Crippen LogP contribution in [0.1, 0.15) is 30.1 Å². The Morgan fingerprint density at radius 2 is 2.20 bits per heavy atom. The molecule has 0 radical (unpaired) electrons. The summed E-state index contributed by atoms with van der Waals surface area (Å²) < 4.78 is 13.3. The lowest BCUT2D eigenvalue weighted by Crippen LogP contribution is -2.49. The molecule has 2 unspecified atom stereocenters. The third-order valence-electron chi connectivity index (χ3n) is 3.62. The van der Waals surface area contributed by atoms with Gasteiger partial charge in [0.25, 0.3) is 5.91 Å². The fourth-order valence-corrected chi connectivity index (χ4v) is 2.81. The Balaban J connectivity index is 0.00000200. The van der Waals surface area contributed by atoms with Crippen molar-refractivity contribution in [3.8, 4) is 0 Å². The Morgan fingerprint density at radius 3 is 2.80 bits per heavy atom. The lowest BCUT2D eigenvalue weighted by molar-refractivity contribution is 0.0573. The predicted octanol–water partition coefficient (Wildman–Crippen LogP) is 3.10. The first kappa shape index (κ1) is 17.2. The molecule has 2 rings (SSSR count). The molecule has 1 amide bonds. The van der Waals surface area contributed by atoms with Gasteiger partial charge in [0.1, 0.15) is 5.82 Å². The topological polar surface area (TPSA) is 46.3 Å². The molecule has 0 saturated carbocycles. The number of benzene rings is 1. The average molecular weight is 321 g/mol. The van der Waals surface area contributed by atoms with E-state index in [9.17, 15) is 9.18 Å². The maximum atomic E-state index is 13.3. The van der Waals surface area contributed by atoms with Gasteiger partial charge in [0, 0.05) is 29.7 Å². The number of piperidine rings is 1. The fourth-order valence-electron chi connectivity index (χ4n) is 2.59. The van der Waals surface area contributed by atoms with Crippen molar-refractivity contribution in [3.05, 3.63) is 34.6 Å². The highest BCUT2D eigenvalue weighted by molar-refractivity contribution is 6.31. The summed E-state index contributed by atoms with van der Waals surface area (Å²) in [5, 5.41) is 0.234. The number of nitrogens with zero attached hydrogens (tertiary/aromatic N) is 1. The molecular formula is C14H19Cl2FN2O. The summed E-state index contributed by atoms with van der Waals surface area (Å²) in [6.07, 6.45) is 1.84. The summed E-state index contributed by atoms with van der Waals surface area (Å²) in [5.41, 5.74) is 6.03. The van der Waals surface area contributed by atoms with Crippen LogP contribution in [-0.4, -0.2) is 29.9 Å². The molecule has 1 heterocycles. The largest absolute Gasteiger partial charge is 0.334 e. The number of carbonyl (C=O) groups excluding carboxylic acids is 1. The Morgan fingerprint density at radius 1 is 1.50 bits per heavy atom. The minimum absolute atomic E-state index is 0. The quantitative estimate of drug-likeness (QED) is 0.910. The van der Waals surface area contributed by atoms with Crippen LogP contribution in [0.2, 0.25) is 5.02 Å². The third-order valence-corrected chi connectivity index (χ3v) is 3.84. The van der Waals surface area contributed by atoms with Gasteiger partial charge in [-0.2, -0.15) is 0 Å². The molecule has 0 aliphatic carbocycles. The van der Waals surface area contributed by atoms with E-state index in [1.54, 1.807) is 4.90 Å². The van der Waals surface area contributed by atoms with Crippen molar-refractivity contribution in [1.29, 1.82) is 0 Å². The van der Waals surface area contributed by atoms with Crippen LogP contribution in [0.5, 0.6) is 0 Å². The second-order valence-electron chi connectivity index (χ2n) is 5.18. The predicted molar refractivity (Wildman–Crippen MR) is 80.9 cm³/mol. The van der Waals surface area contributed by atoms with E-state index in [4.69, 9.17) is 17.3 Å². The highest BCUT2D eigenvalue weighted by atomic mass is 35.5. The summed E-state index contributed by atoms with van der Waals surface area (Å²) in [5.74, 6) is -0.122. The molecule has 1 saturated heterocycles. The molecule has 1 aliphatic rings. The minimum Gasteiger partial charge on any atom is -0.334 e. The van der Waals surface area contributed by atoms with Crippen molar-refractivity contribution < 1.29 is 9.18 Å². The number of likely N-dealkylation sites (tertiary alicyclic amines) is 1. The van der Waals surface area contributed by atoms with E-state index < -0.39 is 5.82 Å². The number of hydrogen-bond acceptors (Lipinski definition) is 2. The molecule has 1 fully saturated rings. The zero-order valence-electron chi connectivity index (χ0n) is 11.3. The number of amides is 1. The van der Waals surface area contributed by atoms with Gasteiger partial charge < -0.3 is 10.6 Å². The van der Waals surface area contributed by atoms with Gasteiger partial charge in [-0.15, -0.1) is 12.4 Å². The smallest absolute Gasteiger partial charge is 0.254 e. The van der Waals surface area contributed by atoms with Crippen molar-refractivity contribution in [1.82, 2.24) is 4.90 Å². The van der Waals surface area contributed by atoms with Crippen LogP contribution in [0.15, 0.2) is 18.2 Å². The first-order valence-electron chi connectivity index (χ1n) is 6.48. The summed E-state index contributed by atoms with van der Waals surface area (Å²) in [7, 11) is 0. The van der Waals surface area contributed by atoms with Gasteiger partial charge in [-0.3, -0.25) is 4.79 Å². The van der Waals surface area contributed by atoms with Crippen LogP contribution in [0.3, 0.4) is 0 Å². The van der Waals surface area contributed by atoms with Gasteiger partial charge in [0.05, 0.1) is 0 Å². The normalized spacial score (nSPS) is 22.3. The maximum absolute atomic E-state index is 13.3. The highest BCUT2D eigenvalue weighted by Crippen LogP contribution is 2.24. The van der Waals surface area contributed by atoms with Crippen molar-refractivity contribution in [3.63, 3.8) is 0 Å². The van der Waals surface area contributed by atoms with Crippen molar-refractivity contribution in [2.24, 2.45) is 11.7 Å². The van der Waals surface area contributed by atoms with Crippen LogP contribution in [-0.2, 0) is 0 Å². The fraction of sp³-hybridized carbons (Fsp3) is 0.500. The molecule has 6 heteroatoms. The van der Waals surface area contributed by atoms with Crippen molar-refractivity contribution >= 4 is 29.9 Å². The molecule has 1 aromatic carbocycles. The second-order valence-corrected chi connectivity index (χ2v) is 5.61. The van der Waals surface area contributed by atoms with Crippen LogP contribution in [0.25, 0.3) is 0 Å². The van der Waals surface area contributed by atoms with E-state index in [1.165, 1.54) is 18.2 Å². The van der Waals surface area contributed by atoms with Crippen LogP contribution < -0.4 is 5.73 Å². The van der Waals surface area contributed by atoms with E-state index in [0.29, 0.717) is 19.0 Å². The maximum Gasteiger partial charge on any atom is 0.254 e. The van der Waals surface area contributed by atoms with Gasteiger partial charge in [-0.1, -0.05) is 18.5 Å². The number of carbonyl (C=O) groups is 1. The molecule has 2 atom stereocenters. The molecule has 20 heavy (non-hydrogen) atoms. The van der Waals surface area contributed by atoms with E-state index >= 15 is 0 Å². The standard InChI is InChI=1S/C14H18ClFN2O.ClH/c1-9-2-3-18(13(4-9)8-17)14(19)10-5-11(15)7-12(16)6-10;/h5-7,9,13H,2-4,8,17H2,1H3;1H. The van der Waals surface area contributed by atoms with E-state index in [2.05, 4.69) is 6.92 Å². The van der Waals surface area contributed by atoms with Gasteiger partial charge in [0.2, 0.25) is 0 Å². The Hall–Kier alpha value is -0.840. The summed E-state index contributed by atoms with van der Waals surface area (Å²) in [6, 6.07) is 3.94. The second kappa shape index (κ2) is 7.25. The zero-order chi connectivity index (χ0) is 14.0. The number of rotatable bonds is 2. The first-order valence-corrected chi connectivity index (χ1v) is 6.86. The van der Waals surface area contributed by atoms with Gasteiger partial charge >= 0.3 is 0 Å². The van der Waals surface area contributed by atoms with Crippen LogP contribution >= 0.6 is 24.0 Å². The number of halogens is 3. The van der Waals surface area contributed by atoms with Crippen molar-refractivity contribution in [2.45, 2.75) is 25.8 Å². The van der Waals surface area contributed by atoms with Gasteiger partial charge in [0.15, 0.2) is 0 Å². The Bertz CT molecular complexity index is 464. The molecule has 3 nitrogen and oxygen atoms in total. The molecular weight excluding hydrogens is 302 g/mol. The summed E-state index contributed by atoms with van der Waals surface area (Å²) >= 11 is 5.79. The molecule has 1 aromatic rings. The molecule has 112 valence electrons. The average Bonchev–Trinajstić information content (AvgIpc) is 2.36. The SMILES string of the molecule is CC1CCN(C(=O)c2cc(F)cc(Cl)c2)C(CN)C1.Cl. The molecule has 2 N–H and O–H groups in total. The first-order chi connectivity index (χ1) is 9.01. The monoisotopic (exact) mass is 320 g/mol. The van der Waals surface area contributed by atoms with Gasteiger partial charge in [-0.25, -0.2) is 4.39 Å². The lowest BCUT2D eigenvalue weighted by Gasteiger charge is -2.38. The summed E-state index contributed by atoms with van der Waals surface area (Å²) in [6.45, 7) is 3.25.